The van der Waals surface area contributed by atoms with Gasteiger partial charge in [-0.05, 0) is 77.9 Å². The minimum atomic E-state index is -3.73. The molecule has 1 aromatic carbocycles. The van der Waals surface area contributed by atoms with Gasteiger partial charge < -0.3 is 10.4 Å². The molecule has 1 aromatic rings. The average molecular weight is 499 g/mol. The Labute approximate surface area is 185 Å². The number of carbonyl (C=O) groups excluding carboxylic acids is 1. The zero-order chi connectivity index (χ0) is 21.7. The summed E-state index contributed by atoms with van der Waals surface area (Å²) in [5.74, 6) is -0.581. The van der Waals surface area contributed by atoms with Gasteiger partial charge in [-0.3, -0.25) is 9.59 Å². The van der Waals surface area contributed by atoms with Gasteiger partial charge >= 0.3 is 5.97 Å². The fourth-order valence-electron chi connectivity index (χ4n) is 5.90. The van der Waals surface area contributed by atoms with Crippen LogP contribution in [0.2, 0.25) is 0 Å². The highest BCUT2D eigenvalue weighted by molar-refractivity contribution is 9.10. The fraction of sp³-hybridized carbons (Fsp3) is 0.619. The van der Waals surface area contributed by atoms with Crippen LogP contribution in [0.3, 0.4) is 0 Å². The van der Waals surface area contributed by atoms with Crippen molar-refractivity contribution in [3.63, 3.8) is 0 Å². The number of benzene rings is 1. The first-order valence-corrected chi connectivity index (χ1v) is 12.7. The van der Waals surface area contributed by atoms with Crippen molar-refractivity contribution in [3.8, 4) is 0 Å². The van der Waals surface area contributed by atoms with Crippen molar-refractivity contribution in [1.82, 2.24) is 10.0 Å². The molecule has 0 heterocycles. The van der Waals surface area contributed by atoms with Crippen LogP contribution in [0.15, 0.2) is 33.6 Å². The summed E-state index contributed by atoms with van der Waals surface area (Å²) in [7, 11) is -3.73. The maximum atomic E-state index is 12.8. The fourth-order valence-corrected chi connectivity index (χ4v) is 8.03. The molecule has 7 nitrogen and oxygen atoms in total. The molecule has 0 radical (unpaired) electrons. The van der Waals surface area contributed by atoms with E-state index < -0.39 is 27.3 Å². The van der Waals surface area contributed by atoms with E-state index in [0.717, 1.165) is 19.3 Å². The molecule has 164 valence electrons. The second-order valence-corrected chi connectivity index (χ2v) is 11.9. The second-order valence-electron chi connectivity index (χ2n) is 9.27. The quantitative estimate of drug-likeness (QED) is 0.534. The van der Waals surface area contributed by atoms with Crippen LogP contribution in [0, 0.1) is 29.1 Å². The number of nitrogens with one attached hydrogen (secondary N) is 2. The maximum Gasteiger partial charge on any atom is 0.309 e. The van der Waals surface area contributed by atoms with E-state index in [0.29, 0.717) is 23.2 Å². The van der Waals surface area contributed by atoms with Crippen LogP contribution in [-0.4, -0.2) is 38.0 Å². The van der Waals surface area contributed by atoms with E-state index in [2.05, 4.69) is 26.0 Å². The van der Waals surface area contributed by atoms with Crippen molar-refractivity contribution in [1.29, 1.82) is 0 Å². The normalized spacial score (nSPS) is 33.3. The van der Waals surface area contributed by atoms with Gasteiger partial charge in [-0.15, -0.1) is 0 Å². The van der Waals surface area contributed by atoms with Crippen LogP contribution < -0.4 is 10.0 Å². The highest BCUT2D eigenvalue weighted by Crippen LogP contribution is 2.60. The lowest BCUT2D eigenvalue weighted by Gasteiger charge is -2.58. The Balaban J connectivity index is 1.37. The molecule has 4 saturated carbocycles. The van der Waals surface area contributed by atoms with Gasteiger partial charge in [0.1, 0.15) is 0 Å². The third-order valence-corrected chi connectivity index (χ3v) is 9.62. The zero-order valence-corrected chi connectivity index (χ0v) is 19.2. The zero-order valence-electron chi connectivity index (χ0n) is 16.8. The van der Waals surface area contributed by atoms with Crippen molar-refractivity contribution in [3.05, 3.63) is 28.7 Å². The Kier molecular flexibility index (Phi) is 5.74. The summed E-state index contributed by atoms with van der Waals surface area (Å²) in [6, 6.07) is 6.53. The minimum absolute atomic E-state index is 0.000751. The maximum absolute atomic E-state index is 12.8. The van der Waals surface area contributed by atoms with Crippen LogP contribution >= 0.6 is 15.9 Å². The molecular formula is C21H27BrN2O5S. The molecule has 4 fully saturated rings. The lowest BCUT2D eigenvalue weighted by molar-refractivity contribution is -0.167. The predicted molar refractivity (Wildman–Crippen MR) is 114 cm³/mol. The van der Waals surface area contributed by atoms with Crippen molar-refractivity contribution in [2.75, 3.05) is 6.54 Å². The molecule has 0 aromatic heterocycles. The van der Waals surface area contributed by atoms with E-state index in [4.69, 9.17) is 0 Å². The largest absolute Gasteiger partial charge is 0.481 e. The lowest BCUT2D eigenvalue weighted by atomic mass is 9.48. The highest BCUT2D eigenvalue weighted by Gasteiger charge is 2.59. The van der Waals surface area contributed by atoms with Gasteiger partial charge in [-0.1, -0.05) is 19.1 Å². The molecule has 4 aliphatic carbocycles. The SMILES string of the molecule is CC(CNS(=O)(=O)c1ccccc1Br)C(=O)NC1C2CC3CC1CC(C(=O)O)(C3)C2. The van der Waals surface area contributed by atoms with Crippen LogP contribution in [0.5, 0.6) is 0 Å². The van der Waals surface area contributed by atoms with E-state index >= 15 is 0 Å². The Hall–Kier alpha value is -1.45. The third kappa shape index (κ3) is 3.91. The Morgan fingerprint density at radius 1 is 1.20 bits per heavy atom. The molecule has 1 amide bonds. The first-order chi connectivity index (χ1) is 14.1. The number of aliphatic carboxylic acids is 1. The van der Waals surface area contributed by atoms with Gasteiger partial charge in [0.05, 0.1) is 10.3 Å². The van der Waals surface area contributed by atoms with Crippen LogP contribution in [0.25, 0.3) is 0 Å². The number of carboxylic acids is 1. The van der Waals surface area contributed by atoms with E-state index in [1.54, 1.807) is 25.1 Å². The molecule has 0 spiro atoms. The summed E-state index contributed by atoms with van der Waals surface area (Å²) in [6.07, 6.45) is 3.97. The summed E-state index contributed by atoms with van der Waals surface area (Å²) in [6.45, 7) is 1.70. The van der Waals surface area contributed by atoms with Gasteiger partial charge in [0.15, 0.2) is 0 Å². The molecule has 30 heavy (non-hydrogen) atoms. The Bertz CT molecular complexity index is 950. The van der Waals surface area contributed by atoms with E-state index in [1.807, 2.05) is 0 Å². The van der Waals surface area contributed by atoms with Crippen molar-refractivity contribution >= 4 is 37.8 Å². The lowest BCUT2D eigenvalue weighted by Crippen LogP contribution is -2.61. The van der Waals surface area contributed by atoms with Crippen molar-refractivity contribution in [2.24, 2.45) is 29.1 Å². The van der Waals surface area contributed by atoms with Gasteiger partial charge in [-0.2, -0.15) is 0 Å². The molecule has 0 aliphatic heterocycles. The number of amides is 1. The molecule has 3 unspecified atom stereocenters. The first kappa shape index (κ1) is 21.8. The van der Waals surface area contributed by atoms with Crippen LogP contribution in [-0.2, 0) is 19.6 Å². The molecule has 4 aliphatic rings. The molecule has 9 heteroatoms. The van der Waals surface area contributed by atoms with E-state index in [-0.39, 0.29) is 35.2 Å². The number of sulfonamides is 1. The smallest absolute Gasteiger partial charge is 0.309 e. The molecule has 4 bridgehead atoms. The summed E-state index contributed by atoms with van der Waals surface area (Å²) in [4.78, 5) is 24.8. The van der Waals surface area contributed by atoms with Gasteiger partial charge in [0.2, 0.25) is 15.9 Å². The number of hydrogen-bond donors (Lipinski definition) is 3. The predicted octanol–water partition coefficient (Wildman–Crippen LogP) is 2.76. The van der Waals surface area contributed by atoms with E-state index in [9.17, 15) is 23.1 Å². The van der Waals surface area contributed by atoms with Crippen LogP contribution in [0.1, 0.15) is 39.0 Å². The number of hydrogen-bond acceptors (Lipinski definition) is 4. The molecule has 0 saturated heterocycles. The molecule has 3 N–H and O–H groups in total. The Morgan fingerprint density at radius 2 is 1.83 bits per heavy atom. The second kappa shape index (κ2) is 7.91. The van der Waals surface area contributed by atoms with Gasteiger partial charge in [-0.25, -0.2) is 13.1 Å². The first-order valence-electron chi connectivity index (χ1n) is 10.4. The molecule has 3 atom stereocenters. The van der Waals surface area contributed by atoms with Gasteiger partial charge in [0, 0.05) is 23.0 Å². The topological polar surface area (TPSA) is 113 Å². The monoisotopic (exact) mass is 498 g/mol. The standard InChI is InChI=1S/C21H27BrN2O5S/c1-12(11-23-30(28,29)17-5-3-2-4-16(17)22)19(25)24-18-14-6-13-7-15(18)10-21(8-13,9-14)20(26)27/h2-5,12-15,18,23H,6-11H2,1H3,(H,24,25)(H,26,27). The number of rotatable bonds is 7. The van der Waals surface area contributed by atoms with Crippen molar-refractivity contribution < 1.29 is 23.1 Å². The summed E-state index contributed by atoms with van der Waals surface area (Å²) in [5, 5.41) is 12.9. The summed E-state index contributed by atoms with van der Waals surface area (Å²) < 4.78 is 28.1. The van der Waals surface area contributed by atoms with Crippen LogP contribution in [0.4, 0.5) is 0 Å². The van der Waals surface area contributed by atoms with E-state index in [1.165, 1.54) is 6.07 Å². The summed E-state index contributed by atoms with van der Waals surface area (Å²) >= 11 is 3.24. The molecular weight excluding hydrogens is 472 g/mol. The summed E-state index contributed by atoms with van der Waals surface area (Å²) in [5.41, 5.74) is -0.609. The number of carboxylic acid groups (broad SMARTS) is 1. The van der Waals surface area contributed by atoms with Crippen molar-refractivity contribution in [2.45, 2.75) is 50.0 Å². The highest BCUT2D eigenvalue weighted by atomic mass is 79.9. The number of halogens is 1. The number of carbonyl (C=O) groups is 2. The van der Waals surface area contributed by atoms with Gasteiger partial charge in [0.25, 0.3) is 0 Å². The molecule has 5 rings (SSSR count). The average Bonchev–Trinajstić information content (AvgIpc) is 2.68. The Morgan fingerprint density at radius 3 is 2.43 bits per heavy atom. The third-order valence-electron chi connectivity index (χ3n) is 7.19. The minimum Gasteiger partial charge on any atom is -0.481 e.